The molecule has 7 heteroatoms. The van der Waals surface area contributed by atoms with Gasteiger partial charge in [-0.25, -0.2) is 4.79 Å². The lowest BCUT2D eigenvalue weighted by atomic mass is 10.3. The van der Waals surface area contributed by atoms with E-state index in [1.165, 1.54) is 9.13 Å². The number of aromatic nitrogens is 4. The number of hydrogen-bond acceptors (Lipinski definition) is 3. The molecule has 6 nitrogen and oxygen atoms in total. The fraction of sp³-hybridized carbons (Fsp3) is 0.500. The molecule has 0 aliphatic carbocycles. The molecule has 2 aromatic rings. The lowest BCUT2D eigenvalue weighted by Crippen LogP contribution is -2.40. The van der Waals surface area contributed by atoms with Crippen molar-refractivity contribution in [3.05, 3.63) is 38.8 Å². The molecular weight excluding hydrogens is 292 g/mol. The zero-order valence-corrected chi connectivity index (χ0v) is 13.1. The Morgan fingerprint density at radius 3 is 2.52 bits per heavy atom. The van der Waals surface area contributed by atoms with E-state index in [9.17, 15) is 9.59 Å². The van der Waals surface area contributed by atoms with Gasteiger partial charge < -0.3 is 4.57 Å². The molecule has 0 aromatic carbocycles. The van der Waals surface area contributed by atoms with Gasteiger partial charge in [-0.2, -0.15) is 4.98 Å². The fourth-order valence-electron chi connectivity index (χ4n) is 2.36. The number of hydrogen-bond donors (Lipinski definition) is 0. The van der Waals surface area contributed by atoms with Crippen LogP contribution < -0.4 is 11.2 Å². The summed E-state index contributed by atoms with van der Waals surface area (Å²) < 4.78 is 4.34. The molecule has 0 amide bonds. The number of imidazole rings is 1. The summed E-state index contributed by atoms with van der Waals surface area (Å²) in [5.74, 6) is 0. The highest BCUT2D eigenvalue weighted by Gasteiger charge is 2.19. The normalized spacial score (nSPS) is 11.2. The molecule has 2 rings (SSSR count). The van der Waals surface area contributed by atoms with Gasteiger partial charge in [-0.3, -0.25) is 13.9 Å². The van der Waals surface area contributed by atoms with Crippen molar-refractivity contribution < 1.29 is 0 Å². The number of fused-ring (bicyclic) bond motifs is 1. The van der Waals surface area contributed by atoms with Crippen molar-refractivity contribution in [1.82, 2.24) is 18.7 Å². The molecule has 0 radical (unpaired) electrons. The van der Waals surface area contributed by atoms with E-state index in [0.29, 0.717) is 30.8 Å². The molecule has 0 saturated carbocycles. The first kappa shape index (κ1) is 15.6. The summed E-state index contributed by atoms with van der Waals surface area (Å²) in [6, 6.07) is 0. The summed E-state index contributed by atoms with van der Waals surface area (Å²) in [5.41, 5.74) is 0.0299. The zero-order chi connectivity index (χ0) is 15.6. The summed E-state index contributed by atoms with van der Waals surface area (Å²) in [5, 5.41) is 0.192. The quantitative estimate of drug-likeness (QED) is 0.606. The van der Waals surface area contributed by atoms with Gasteiger partial charge in [0.1, 0.15) is 0 Å². The first-order chi connectivity index (χ1) is 10.1. The third-order valence-electron chi connectivity index (χ3n) is 3.43. The Bertz CT molecular complexity index is 785. The Hall–Kier alpha value is -1.82. The Morgan fingerprint density at radius 1 is 1.24 bits per heavy atom. The van der Waals surface area contributed by atoms with Gasteiger partial charge >= 0.3 is 5.69 Å². The highest BCUT2D eigenvalue weighted by molar-refractivity contribution is 6.29. The second-order valence-electron chi connectivity index (χ2n) is 4.79. The predicted octanol–water partition coefficient (Wildman–Crippen LogP) is 2.02. The Kier molecular flexibility index (Phi) is 4.67. The van der Waals surface area contributed by atoms with Crippen LogP contribution in [0.5, 0.6) is 0 Å². The minimum atomic E-state index is -0.339. The molecule has 0 bridgehead atoms. The Labute approximate surface area is 127 Å². The van der Waals surface area contributed by atoms with E-state index in [1.807, 2.05) is 13.8 Å². The summed E-state index contributed by atoms with van der Waals surface area (Å²) in [4.78, 5) is 29.2. The number of rotatable bonds is 6. The highest BCUT2D eigenvalue weighted by Crippen LogP contribution is 2.16. The average Bonchev–Trinajstić information content (AvgIpc) is 2.77. The van der Waals surface area contributed by atoms with Crippen LogP contribution in [0.25, 0.3) is 11.2 Å². The van der Waals surface area contributed by atoms with E-state index < -0.39 is 0 Å². The predicted molar refractivity (Wildman–Crippen MR) is 84.0 cm³/mol. The minimum absolute atomic E-state index is 0.192. The van der Waals surface area contributed by atoms with Crippen LogP contribution in [0, 0.1) is 0 Å². The van der Waals surface area contributed by atoms with Crippen molar-refractivity contribution in [2.24, 2.45) is 0 Å². The van der Waals surface area contributed by atoms with Crippen LogP contribution in [0.4, 0.5) is 0 Å². The van der Waals surface area contributed by atoms with E-state index in [1.54, 1.807) is 10.6 Å². The molecule has 2 heterocycles. The van der Waals surface area contributed by atoms with Crippen molar-refractivity contribution >= 4 is 22.8 Å². The lowest BCUT2D eigenvalue weighted by molar-refractivity contribution is 0.550. The fourth-order valence-corrected chi connectivity index (χ4v) is 2.59. The number of aryl methyl sites for hydroxylation is 1. The molecule has 0 atom stereocenters. The molecule has 21 heavy (non-hydrogen) atoms. The molecular formula is C14H19ClN4O2. The SMILES string of the molecule is C=CCn1c(Cl)nc2c1c(=O)n(CCCC)c(=O)n2CC. The Morgan fingerprint density at radius 2 is 1.95 bits per heavy atom. The van der Waals surface area contributed by atoms with Gasteiger partial charge in [-0.1, -0.05) is 19.4 Å². The lowest BCUT2D eigenvalue weighted by Gasteiger charge is -2.10. The first-order valence-corrected chi connectivity index (χ1v) is 7.44. The van der Waals surface area contributed by atoms with Gasteiger partial charge in [0.05, 0.1) is 0 Å². The van der Waals surface area contributed by atoms with Gasteiger partial charge in [0.2, 0.25) is 5.28 Å². The summed E-state index contributed by atoms with van der Waals surface area (Å²) >= 11 is 6.10. The van der Waals surface area contributed by atoms with Crippen LogP contribution in [0.15, 0.2) is 22.2 Å². The second kappa shape index (κ2) is 6.30. The molecule has 0 fully saturated rings. The van der Waals surface area contributed by atoms with Crippen LogP contribution in [0.3, 0.4) is 0 Å². The van der Waals surface area contributed by atoms with E-state index in [-0.39, 0.29) is 16.5 Å². The van der Waals surface area contributed by atoms with Crippen LogP contribution >= 0.6 is 11.6 Å². The monoisotopic (exact) mass is 310 g/mol. The zero-order valence-electron chi connectivity index (χ0n) is 12.3. The molecule has 0 saturated heterocycles. The number of nitrogens with zero attached hydrogens (tertiary/aromatic N) is 4. The first-order valence-electron chi connectivity index (χ1n) is 7.07. The maximum absolute atomic E-state index is 12.6. The van der Waals surface area contributed by atoms with Gasteiger partial charge in [0.25, 0.3) is 5.56 Å². The molecule has 0 spiro atoms. The number of halogens is 1. The van der Waals surface area contributed by atoms with E-state index in [0.717, 1.165) is 12.8 Å². The second-order valence-corrected chi connectivity index (χ2v) is 5.13. The van der Waals surface area contributed by atoms with Crippen molar-refractivity contribution in [2.45, 2.75) is 46.3 Å². The van der Waals surface area contributed by atoms with E-state index in [4.69, 9.17) is 11.6 Å². The van der Waals surface area contributed by atoms with Gasteiger partial charge in [-0.15, -0.1) is 6.58 Å². The van der Waals surface area contributed by atoms with Crippen molar-refractivity contribution in [1.29, 1.82) is 0 Å². The largest absolute Gasteiger partial charge is 0.332 e. The van der Waals surface area contributed by atoms with E-state index >= 15 is 0 Å². The summed E-state index contributed by atoms with van der Waals surface area (Å²) in [6.07, 6.45) is 3.32. The van der Waals surface area contributed by atoms with E-state index in [2.05, 4.69) is 11.6 Å². The van der Waals surface area contributed by atoms with Gasteiger partial charge in [0, 0.05) is 19.6 Å². The van der Waals surface area contributed by atoms with Gasteiger partial charge in [-0.05, 0) is 24.9 Å². The third kappa shape index (κ3) is 2.55. The van der Waals surface area contributed by atoms with Crippen molar-refractivity contribution in [2.75, 3.05) is 0 Å². The topological polar surface area (TPSA) is 61.8 Å². The number of allylic oxidation sites excluding steroid dienone is 1. The molecule has 0 aliphatic heterocycles. The highest BCUT2D eigenvalue weighted by atomic mass is 35.5. The minimum Gasteiger partial charge on any atom is -0.305 e. The number of unbranched alkanes of at least 4 members (excludes halogenated alkanes) is 1. The van der Waals surface area contributed by atoms with Crippen molar-refractivity contribution in [3.8, 4) is 0 Å². The molecule has 0 N–H and O–H groups in total. The van der Waals surface area contributed by atoms with Gasteiger partial charge in [0.15, 0.2) is 11.2 Å². The third-order valence-corrected chi connectivity index (χ3v) is 3.72. The molecule has 0 unspecified atom stereocenters. The molecule has 2 aromatic heterocycles. The van der Waals surface area contributed by atoms with Crippen LogP contribution in [0.2, 0.25) is 5.28 Å². The standard InChI is InChI=1S/C14H19ClN4O2/c1-4-7-9-19-12(20)10-11(17(6-3)14(19)21)16-13(15)18(10)8-5-2/h5H,2,4,6-9H2,1,3H3. The van der Waals surface area contributed by atoms with Crippen LogP contribution in [-0.4, -0.2) is 18.7 Å². The Balaban J connectivity index is 2.87. The molecule has 114 valence electrons. The van der Waals surface area contributed by atoms with Crippen LogP contribution in [0.1, 0.15) is 26.7 Å². The average molecular weight is 311 g/mol. The maximum atomic E-state index is 12.6. The van der Waals surface area contributed by atoms with Crippen LogP contribution in [-0.2, 0) is 19.6 Å². The van der Waals surface area contributed by atoms with Crippen molar-refractivity contribution in [3.63, 3.8) is 0 Å². The maximum Gasteiger partial charge on any atom is 0.332 e. The smallest absolute Gasteiger partial charge is 0.305 e. The summed E-state index contributed by atoms with van der Waals surface area (Å²) in [6.45, 7) is 8.73. The molecule has 0 aliphatic rings. The summed E-state index contributed by atoms with van der Waals surface area (Å²) in [7, 11) is 0.